The standard InChI is InChI=1S/C13H10F3N3O2/c14-13(15,16)8-3-1-4-9(7-8)18-12(21)19-11-10(20)5-2-6-17-11/h1-7,20H,(H2,17,18,19,21). The van der Waals surface area contributed by atoms with E-state index in [0.717, 1.165) is 12.1 Å². The molecule has 1 aromatic carbocycles. The Labute approximate surface area is 117 Å². The van der Waals surface area contributed by atoms with E-state index in [-0.39, 0.29) is 17.3 Å². The molecule has 0 aliphatic heterocycles. The summed E-state index contributed by atoms with van der Waals surface area (Å²) in [5.41, 5.74) is -0.904. The average molecular weight is 297 g/mol. The lowest BCUT2D eigenvalue weighted by atomic mass is 10.2. The maximum atomic E-state index is 12.5. The van der Waals surface area contributed by atoms with Gasteiger partial charge in [0.15, 0.2) is 11.6 Å². The molecule has 21 heavy (non-hydrogen) atoms. The normalized spacial score (nSPS) is 11.0. The zero-order chi connectivity index (χ0) is 15.5. The summed E-state index contributed by atoms with van der Waals surface area (Å²) < 4.78 is 37.6. The maximum Gasteiger partial charge on any atom is 0.416 e. The fourth-order valence-corrected chi connectivity index (χ4v) is 1.54. The van der Waals surface area contributed by atoms with Crippen molar-refractivity contribution in [1.82, 2.24) is 4.98 Å². The lowest BCUT2D eigenvalue weighted by Crippen LogP contribution is -2.20. The quantitative estimate of drug-likeness (QED) is 0.794. The highest BCUT2D eigenvalue weighted by molar-refractivity contribution is 5.99. The molecule has 0 unspecified atom stereocenters. The highest BCUT2D eigenvalue weighted by atomic mass is 19.4. The summed E-state index contributed by atoms with van der Waals surface area (Å²) in [6.45, 7) is 0. The number of halogens is 3. The van der Waals surface area contributed by atoms with Gasteiger partial charge in [-0.05, 0) is 30.3 Å². The number of hydrogen-bond acceptors (Lipinski definition) is 3. The molecule has 0 aliphatic carbocycles. The van der Waals surface area contributed by atoms with E-state index in [0.29, 0.717) is 0 Å². The summed E-state index contributed by atoms with van der Waals surface area (Å²) >= 11 is 0. The van der Waals surface area contributed by atoms with Crippen LogP contribution in [0.25, 0.3) is 0 Å². The molecule has 2 aromatic rings. The Bertz CT molecular complexity index is 659. The van der Waals surface area contributed by atoms with Gasteiger partial charge in [0.2, 0.25) is 0 Å². The molecule has 2 amide bonds. The van der Waals surface area contributed by atoms with Gasteiger partial charge in [-0.15, -0.1) is 0 Å². The van der Waals surface area contributed by atoms with Crippen LogP contribution < -0.4 is 10.6 Å². The van der Waals surface area contributed by atoms with Crippen molar-refractivity contribution >= 4 is 17.5 Å². The molecule has 8 heteroatoms. The van der Waals surface area contributed by atoms with Gasteiger partial charge in [-0.3, -0.25) is 5.32 Å². The van der Waals surface area contributed by atoms with E-state index in [4.69, 9.17) is 0 Å². The van der Waals surface area contributed by atoms with E-state index >= 15 is 0 Å². The average Bonchev–Trinajstić information content (AvgIpc) is 2.41. The predicted octanol–water partition coefficient (Wildman–Crippen LogP) is 3.45. The van der Waals surface area contributed by atoms with Gasteiger partial charge in [-0.25, -0.2) is 9.78 Å². The van der Waals surface area contributed by atoms with Crippen LogP contribution in [0.3, 0.4) is 0 Å². The minimum Gasteiger partial charge on any atom is -0.504 e. The van der Waals surface area contributed by atoms with E-state index in [2.05, 4.69) is 15.6 Å². The van der Waals surface area contributed by atoms with Crippen LogP contribution in [0.5, 0.6) is 5.75 Å². The van der Waals surface area contributed by atoms with Crippen LogP contribution in [0.15, 0.2) is 42.6 Å². The summed E-state index contributed by atoms with van der Waals surface area (Å²) in [7, 11) is 0. The first-order valence-electron chi connectivity index (χ1n) is 5.75. The first kappa shape index (κ1) is 14.6. The number of aromatic nitrogens is 1. The van der Waals surface area contributed by atoms with Crippen LogP contribution in [0.4, 0.5) is 29.5 Å². The van der Waals surface area contributed by atoms with Crippen LogP contribution >= 0.6 is 0 Å². The number of carbonyl (C=O) groups is 1. The van der Waals surface area contributed by atoms with Crippen LogP contribution in [-0.2, 0) is 6.18 Å². The van der Waals surface area contributed by atoms with Gasteiger partial charge < -0.3 is 10.4 Å². The van der Waals surface area contributed by atoms with Crippen molar-refractivity contribution in [2.24, 2.45) is 0 Å². The van der Waals surface area contributed by atoms with Crippen LogP contribution in [0.2, 0.25) is 0 Å². The smallest absolute Gasteiger partial charge is 0.416 e. The number of alkyl halides is 3. The largest absolute Gasteiger partial charge is 0.504 e. The Hall–Kier alpha value is -2.77. The number of rotatable bonds is 2. The molecule has 0 bridgehead atoms. The molecule has 0 radical (unpaired) electrons. The van der Waals surface area contributed by atoms with E-state index in [9.17, 15) is 23.1 Å². The molecule has 1 heterocycles. The monoisotopic (exact) mass is 297 g/mol. The molecule has 5 nitrogen and oxygen atoms in total. The maximum absolute atomic E-state index is 12.5. The van der Waals surface area contributed by atoms with Crippen molar-refractivity contribution in [2.45, 2.75) is 6.18 Å². The Kier molecular flexibility index (Phi) is 3.97. The molecule has 2 rings (SSSR count). The summed E-state index contributed by atoms with van der Waals surface area (Å²) in [4.78, 5) is 15.4. The van der Waals surface area contributed by atoms with Gasteiger partial charge in [0, 0.05) is 11.9 Å². The van der Waals surface area contributed by atoms with Gasteiger partial charge >= 0.3 is 12.2 Å². The van der Waals surface area contributed by atoms with Crippen molar-refractivity contribution in [3.8, 4) is 5.75 Å². The lowest BCUT2D eigenvalue weighted by Gasteiger charge is -2.10. The molecule has 0 atom stereocenters. The van der Waals surface area contributed by atoms with Crippen LogP contribution in [0.1, 0.15) is 5.56 Å². The Morgan fingerprint density at radius 2 is 1.90 bits per heavy atom. The summed E-state index contributed by atoms with van der Waals surface area (Å²) in [6.07, 6.45) is -3.15. The number of nitrogens with zero attached hydrogens (tertiary/aromatic N) is 1. The van der Waals surface area contributed by atoms with E-state index < -0.39 is 17.8 Å². The molecular formula is C13H10F3N3O2. The summed E-state index contributed by atoms with van der Waals surface area (Å²) in [5, 5.41) is 13.9. The molecule has 0 saturated carbocycles. The van der Waals surface area contributed by atoms with Crippen molar-refractivity contribution in [2.75, 3.05) is 10.6 Å². The van der Waals surface area contributed by atoms with Gasteiger partial charge in [0.25, 0.3) is 0 Å². The molecule has 110 valence electrons. The number of nitrogens with one attached hydrogen (secondary N) is 2. The predicted molar refractivity (Wildman–Crippen MR) is 70.0 cm³/mol. The number of benzene rings is 1. The van der Waals surface area contributed by atoms with E-state index in [1.165, 1.54) is 30.5 Å². The second-order valence-corrected chi connectivity index (χ2v) is 4.03. The number of urea groups is 1. The molecule has 3 N–H and O–H groups in total. The molecule has 0 saturated heterocycles. The van der Waals surface area contributed by atoms with Gasteiger partial charge in [-0.2, -0.15) is 13.2 Å². The van der Waals surface area contributed by atoms with Crippen molar-refractivity contribution < 1.29 is 23.1 Å². The minimum absolute atomic E-state index is 0.0299. The van der Waals surface area contributed by atoms with Crippen LogP contribution in [-0.4, -0.2) is 16.1 Å². The summed E-state index contributed by atoms with van der Waals surface area (Å²) in [6, 6.07) is 6.15. The molecule has 0 spiro atoms. The first-order valence-corrected chi connectivity index (χ1v) is 5.75. The van der Waals surface area contributed by atoms with Crippen molar-refractivity contribution in [3.63, 3.8) is 0 Å². The highest BCUT2D eigenvalue weighted by Crippen LogP contribution is 2.30. The second-order valence-electron chi connectivity index (χ2n) is 4.03. The Balaban J connectivity index is 2.08. The molecule has 0 aliphatic rings. The third-order valence-electron chi connectivity index (χ3n) is 2.47. The lowest BCUT2D eigenvalue weighted by molar-refractivity contribution is -0.137. The highest BCUT2D eigenvalue weighted by Gasteiger charge is 2.30. The molecule has 1 aromatic heterocycles. The topological polar surface area (TPSA) is 74.2 Å². The minimum atomic E-state index is -4.49. The number of pyridine rings is 1. The van der Waals surface area contributed by atoms with Crippen molar-refractivity contribution in [1.29, 1.82) is 0 Å². The number of aromatic hydroxyl groups is 1. The number of amides is 2. The fourth-order valence-electron chi connectivity index (χ4n) is 1.54. The summed E-state index contributed by atoms with van der Waals surface area (Å²) in [5.74, 6) is -0.348. The SMILES string of the molecule is O=C(Nc1cccc(C(F)(F)F)c1)Nc1ncccc1O. The first-order chi connectivity index (χ1) is 9.86. The van der Waals surface area contributed by atoms with Gasteiger partial charge in [0.05, 0.1) is 5.56 Å². The molecule has 0 fully saturated rings. The van der Waals surface area contributed by atoms with Crippen LogP contribution in [0, 0.1) is 0 Å². The number of hydrogen-bond donors (Lipinski definition) is 3. The zero-order valence-corrected chi connectivity index (χ0v) is 10.5. The van der Waals surface area contributed by atoms with E-state index in [1.54, 1.807) is 0 Å². The van der Waals surface area contributed by atoms with E-state index in [1.807, 2.05) is 0 Å². The van der Waals surface area contributed by atoms with Crippen molar-refractivity contribution in [3.05, 3.63) is 48.2 Å². The third-order valence-corrected chi connectivity index (χ3v) is 2.47. The number of carbonyl (C=O) groups excluding carboxylic acids is 1. The third kappa shape index (κ3) is 3.85. The molecular weight excluding hydrogens is 287 g/mol. The second kappa shape index (κ2) is 5.70. The van der Waals surface area contributed by atoms with Gasteiger partial charge in [0.1, 0.15) is 0 Å². The number of anilines is 2. The zero-order valence-electron chi connectivity index (χ0n) is 10.5. The Morgan fingerprint density at radius 3 is 2.57 bits per heavy atom. The fraction of sp³-hybridized carbons (Fsp3) is 0.0769. The Morgan fingerprint density at radius 1 is 1.14 bits per heavy atom. The van der Waals surface area contributed by atoms with Gasteiger partial charge in [-0.1, -0.05) is 6.07 Å².